The first-order chi connectivity index (χ1) is 17.2. The van der Waals surface area contributed by atoms with Crippen molar-refractivity contribution in [2.75, 3.05) is 11.1 Å². The number of nitrogens with zero attached hydrogens (tertiary/aromatic N) is 4. The zero-order chi connectivity index (χ0) is 24.0. The first kappa shape index (κ1) is 23.0. The van der Waals surface area contributed by atoms with Gasteiger partial charge in [0.2, 0.25) is 5.91 Å². The summed E-state index contributed by atoms with van der Waals surface area (Å²) < 4.78 is 1.96. The number of amides is 1. The van der Waals surface area contributed by atoms with Crippen molar-refractivity contribution in [2.45, 2.75) is 18.1 Å². The van der Waals surface area contributed by atoms with Crippen LogP contribution in [0.2, 0.25) is 0 Å². The summed E-state index contributed by atoms with van der Waals surface area (Å²) >= 11 is 2.85. The van der Waals surface area contributed by atoms with Crippen LogP contribution >= 0.6 is 23.1 Å². The second kappa shape index (κ2) is 10.7. The lowest BCUT2D eigenvalue weighted by Crippen LogP contribution is -2.14. The van der Waals surface area contributed by atoms with E-state index in [1.54, 1.807) is 6.08 Å². The van der Waals surface area contributed by atoms with Gasteiger partial charge >= 0.3 is 0 Å². The summed E-state index contributed by atoms with van der Waals surface area (Å²) in [6.45, 7) is 4.40. The number of nitrogens with one attached hydrogen (secondary N) is 1. The number of anilines is 1. The van der Waals surface area contributed by atoms with E-state index >= 15 is 0 Å². The molecular formula is C27H23N5OS2. The van der Waals surface area contributed by atoms with E-state index in [0.717, 1.165) is 22.7 Å². The quantitative estimate of drug-likeness (QED) is 0.198. The van der Waals surface area contributed by atoms with Crippen LogP contribution in [0, 0.1) is 0 Å². The third-order valence-electron chi connectivity index (χ3n) is 5.44. The van der Waals surface area contributed by atoms with Crippen LogP contribution in [0.1, 0.15) is 10.4 Å². The molecule has 5 aromatic rings. The molecule has 0 saturated heterocycles. The summed E-state index contributed by atoms with van der Waals surface area (Å²) in [6, 6.07) is 24.6. The van der Waals surface area contributed by atoms with Gasteiger partial charge in [-0.3, -0.25) is 9.36 Å². The zero-order valence-electron chi connectivity index (χ0n) is 18.9. The van der Waals surface area contributed by atoms with E-state index in [1.807, 2.05) is 47.2 Å². The Hall–Kier alpha value is -3.75. The summed E-state index contributed by atoms with van der Waals surface area (Å²) in [5.74, 6) is 0.837. The SMILES string of the molecule is C=CCn1c(SCC(=O)Nc2ncc(Cc3cccc4ccccc34)s2)nnc1-c1ccccc1. The van der Waals surface area contributed by atoms with Gasteiger partial charge in [0.25, 0.3) is 0 Å². The number of hydrogen-bond donors (Lipinski definition) is 1. The van der Waals surface area contributed by atoms with E-state index < -0.39 is 0 Å². The number of hydrogen-bond acceptors (Lipinski definition) is 6. The standard InChI is InChI=1S/C27H23N5OS2/c1-2-15-32-25(20-10-4-3-5-11-20)30-31-27(32)34-18-24(33)29-26-28-17-22(35-26)16-21-13-8-12-19-9-6-7-14-23(19)21/h2-14,17H,1,15-16,18H2,(H,28,29,33). The van der Waals surface area contributed by atoms with E-state index in [-0.39, 0.29) is 11.7 Å². The van der Waals surface area contributed by atoms with Gasteiger partial charge in [-0.05, 0) is 16.3 Å². The fraction of sp³-hybridized carbons (Fsp3) is 0.111. The lowest BCUT2D eigenvalue weighted by molar-refractivity contribution is -0.113. The molecule has 0 saturated carbocycles. The fourth-order valence-corrected chi connectivity index (χ4v) is 5.46. The molecule has 0 unspecified atom stereocenters. The van der Waals surface area contributed by atoms with E-state index in [2.05, 4.69) is 63.5 Å². The zero-order valence-corrected chi connectivity index (χ0v) is 20.6. The monoisotopic (exact) mass is 497 g/mol. The van der Waals surface area contributed by atoms with Crippen LogP contribution in [0.15, 0.2) is 96.8 Å². The van der Waals surface area contributed by atoms with Crippen LogP contribution in [0.25, 0.3) is 22.2 Å². The van der Waals surface area contributed by atoms with Crippen molar-refractivity contribution in [1.82, 2.24) is 19.7 Å². The predicted octanol–water partition coefficient (Wildman–Crippen LogP) is 6.06. The van der Waals surface area contributed by atoms with Gasteiger partial charge in [0, 0.05) is 29.6 Å². The summed E-state index contributed by atoms with van der Waals surface area (Å²) in [5.41, 5.74) is 2.22. The van der Waals surface area contributed by atoms with Crippen molar-refractivity contribution in [3.63, 3.8) is 0 Å². The Morgan fingerprint density at radius 3 is 2.69 bits per heavy atom. The van der Waals surface area contributed by atoms with Gasteiger partial charge in [-0.15, -0.1) is 28.1 Å². The van der Waals surface area contributed by atoms with E-state index in [1.165, 1.54) is 39.4 Å². The molecule has 2 heterocycles. The molecule has 3 aromatic carbocycles. The van der Waals surface area contributed by atoms with Gasteiger partial charge in [-0.25, -0.2) is 4.98 Å². The molecule has 0 aliphatic heterocycles. The van der Waals surface area contributed by atoms with Crippen LogP contribution in [-0.4, -0.2) is 31.4 Å². The summed E-state index contributed by atoms with van der Waals surface area (Å²) in [6.07, 6.45) is 4.41. The maximum Gasteiger partial charge on any atom is 0.236 e. The van der Waals surface area contributed by atoms with Crippen molar-refractivity contribution in [3.05, 3.63) is 102 Å². The van der Waals surface area contributed by atoms with Gasteiger partial charge in [0.1, 0.15) is 0 Å². The third-order valence-corrected chi connectivity index (χ3v) is 7.32. The molecule has 35 heavy (non-hydrogen) atoms. The van der Waals surface area contributed by atoms with Gasteiger partial charge < -0.3 is 5.32 Å². The van der Waals surface area contributed by atoms with Crippen molar-refractivity contribution in [3.8, 4) is 11.4 Å². The number of thioether (sulfide) groups is 1. The fourth-order valence-electron chi connectivity index (χ4n) is 3.86. The molecule has 0 aliphatic carbocycles. The lowest BCUT2D eigenvalue weighted by Gasteiger charge is -2.07. The molecule has 5 rings (SSSR count). The van der Waals surface area contributed by atoms with Gasteiger partial charge in [0.15, 0.2) is 16.1 Å². The highest BCUT2D eigenvalue weighted by atomic mass is 32.2. The minimum absolute atomic E-state index is 0.129. The van der Waals surface area contributed by atoms with E-state index in [9.17, 15) is 4.79 Å². The molecule has 2 aromatic heterocycles. The van der Waals surface area contributed by atoms with Crippen LogP contribution in [0.5, 0.6) is 0 Å². The molecular weight excluding hydrogens is 474 g/mol. The molecule has 0 radical (unpaired) electrons. The number of rotatable bonds is 9. The molecule has 8 heteroatoms. The first-order valence-corrected chi connectivity index (χ1v) is 12.9. The average molecular weight is 498 g/mol. The molecule has 1 N–H and O–H groups in total. The number of carbonyl (C=O) groups excluding carboxylic acids is 1. The van der Waals surface area contributed by atoms with Crippen LogP contribution in [-0.2, 0) is 17.8 Å². The lowest BCUT2D eigenvalue weighted by atomic mass is 10.0. The Kier molecular flexibility index (Phi) is 7.02. The molecule has 0 bridgehead atoms. The summed E-state index contributed by atoms with van der Waals surface area (Å²) in [4.78, 5) is 18.1. The molecule has 1 amide bonds. The minimum Gasteiger partial charge on any atom is -0.301 e. The second-order valence-corrected chi connectivity index (χ2v) is 9.91. The summed E-state index contributed by atoms with van der Waals surface area (Å²) in [7, 11) is 0. The minimum atomic E-state index is -0.129. The third kappa shape index (κ3) is 5.34. The molecule has 0 fully saturated rings. The maximum atomic E-state index is 12.6. The number of aromatic nitrogens is 4. The highest BCUT2D eigenvalue weighted by Crippen LogP contribution is 2.27. The first-order valence-electron chi connectivity index (χ1n) is 11.1. The smallest absolute Gasteiger partial charge is 0.236 e. The Morgan fingerprint density at radius 1 is 1.03 bits per heavy atom. The number of allylic oxidation sites excluding steroid dienone is 1. The van der Waals surface area contributed by atoms with Gasteiger partial charge in [-0.2, -0.15) is 0 Å². The molecule has 6 nitrogen and oxygen atoms in total. The van der Waals surface area contributed by atoms with E-state index in [0.29, 0.717) is 16.8 Å². The normalized spacial score (nSPS) is 11.0. The highest BCUT2D eigenvalue weighted by molar-refractivity contribution is 7.99. The van der Waals surface area contributed by atoms with Gasteiger partial charge in [0.05, 0.1) is 5.75 Å². The van der Waals surface area contributed by atoms with Crippen LogP contribution in [0.4, 0.5) is 5.13 Å². The topological polar surface area (TPSA) is 72.7 Å². The maximum absolute atomic E-state index is 12.6. The Morgan fingerprint density at radius 2 is 1.83 bits per heavy atom. The largest absolute Gasteiger partial charge is 0.301 e. The van der Waals surface area contributed by atoms with Crippen molar-refractivity contribution >= 4 is 44.9 Å². The Labute approximate surface area is 211 Å². The number of benzene rings is 3. The van der Waals surface area contributed by atoms with Crippen LogP contribution < -0.4 is 5.32 Å². The van der Waals surface area contributed by atoms with Crippen molar-refractivity contribution in [1.29, 1.82) is 0 Å². The van der Waals surface area contributed by atoms with E-state index in [4.69, 9.17) is 0 Å². The Balaban J connectivity index is 1.22. The molecule has 174 valence electrons. The number of carbonyl (C=O) groups is 1. The summed E-state index contributed by atoms with van der Waals surface area (Å²) in [5, 5.41) is 15.3. The highest BCUT2D eigenvalue weighted by Gasteiger charge is 2.15. The molecule has 0 aliphatic rings. The van der Waals surface area contributed by atoms with Crippen molar-refractivity contribution < 1.29 is 4.79 Å². The van der Waals surface area contributed by atoms with Crippen LogP contribution in [0.3, 0.4) is 0 Å². The molecule has 0 atom stereocenters. The number of thiazole rings is 1. The average Bonchev–Trinajstić information content (AvgIpc) is 3.50. The molecule has 0 spiro atoms. The second-order valence-electron chi connectivity index (χ2n) is 7.86. The predicted molar refractivity (Wildman–Crippen MR) is 144 cm³/mol. The number of fused-ring (bicyclic) bond motifs is 1. The van der Waals surface area contributed by atoms with Gasteiger partial charge in [-0.1, -0.05) is 90.6 Å². The van der Waals surface area contributed by atoms with Crippen molar-refractivity contribution in [2.24, 2.45) is 0 Å². The Bertz CT molecular complexity index is 1470.